The predicted molar refractivity (Wildman–Crippen MR) is 72.2 cm³/mol. The maximum absolute atomic E-state index is 12.5. The van der Waals surface area contributed by atoms with Gasteiger partial charge in [-0.1, -0.05) is 13.8 Å². The molecular formula is C14H21N3O. The number of nitrogens with zero attached hydrogens (tertiary/aromatic N) is 2. The van der Waals surface area contributed by atoms with E-state index in [1.165, 1.54) is 0 Å². The van der Waals surface area contributed by atoms with Gasteiger partial charge in [-0.2, -0.15) is 0 Å². The molecule has 0 bridgehead atoms. The maximum Gasteiger partial charge on any atom is 0.255 e. The van der Waals surface area contributed by atoms with Gasteiger partial charge in [0, 0.05) is 13.1 Å². The molecule has 1 fully saturated rings. The minimum Gasteiger partial charge on any atom is -0.397 e. The van der Waals surface area contributed by atoms with Gasteiger partial charge in [0.15, 0.2) is 0 Å². The van der Waals surface area contributed by atoms with Crippen LogP contribution in [0.25, 0.3) is 0 Å². The Morgan fingerprint density at radius 3 is 2.83 bits per heavy atom. The van der Waals surface area contributed by atoms with Gasteiger partial charge in [0.25, 0.3) is 5.91 Å². The first-order chi connectivity index (χ1) is 8.49. The van der Waals surface area contributed by atoms with Crippen molar-refractivity contribution in [2.75, 3.05) is 18.8 Å². The van der Waals surface area contributed by atoms with E-state index in [0.29, 0.717) is 23.1 Å². The van der Waals surface area contributed by atoms with E-state index in [1.54, 1.807) is 12.3 Å². The molecule has 0 aromatic carbocycles. The number of anilines is 1. The molecule has 2 N–H and O–H groups in total. The number of nitrogens with two attached hydrogens (primary N) is 1. The highest BCUT2D eigenvalue weighted by Crippen LogP contribution is 2.24. The summed E-state index contributed by atoms with van der Waals surface area (Å²) < 4.78 is 0. The summed E-state index contributed by atoms with van der Waals surface area (Å²) in [7, 11) is 0. The molecule has 1 amide bonds. The van der Waals surface area contributed by atoms with Crippen LogP contribution in [0.5, 0.6) is 0 Å². The molecular weight excluding hydrogens is 226 g/mol. The van der Waals surface area contributed by atoms with E-state index in [1.807, 2.05) is 11.8 Å². The number of aryl methyl sites for hydroxylation is 1. The zero-order valence-electron chi connectivity index (χ0n) is 11.3. The molecule has 2 rings (SSSR count). The van der Waals surface area contributed by atoms with Gasteiger partial charge in [-0.25, -0.2) is 0 Å². The van der Waals surface area contributed by atoms with Crippen LogP contribution in [0.1, 0.15) is 36.3 Å². The molecule has 0 aliphatic carbocycles. The number of carbonyl (C=O) groups is 1. The number of rotatable bonds is 1. The Hall–Kier alpha value is -1.58. The molecule has 1 aliphatic rings. The zero-order valence-corrected chi connectivity index (χ0v) is 11.3. The molecule has 2 unspecified atom stereocenters. The summed E-state index contributed by atoms with van der Waals surface area (Å²) in [5, 5.41) is 0. The van der Waals surface area contributed by atoms with Crippen molar-refractivity contribution in [2.24, 2.45) is 11.8 Å². The van der Waals surface area contributed by atoms with Crippen molar-refractivity contribution in [3.63, 3.8) is 0 Å². The van der Waals surface area contributed by atoms with Gasteiger partial charge in [0.2, 0.25) is 0 Å². The number of nitrogen functional groups attached to an aromatic ring is 1. The van der Waals surface area contributed by atoms with E-state index in [4.69, 9.17) is 5.73 Å². The fraction of sp³-hybridized carbons (Fsp3) is 0.571. The molecule has 0 saturated carbocycles. The molecule has 1 aromatic heterocycles. The maximum atomic E-state index is 12.5. The van der Waals surface area contributed by atoms with Crippen LogP contribution in [0.4, 0.5) is 5.69 Å². The first-order valence-corrected chi connectivity index (χ1v) is 6.50. The topological polar surface area (TPSA) is 59.2 Å². The Morgan fingerprint density at radius 2 is 2.17 bits per heavy atom. The van der Waals surface area contributed by atoms with Gasteiger partial charge >= 0.3 is 0 Å². The Labute approximate surface area is 108 Å². The molecule has 0 spiro atoms. The van der Waals surface area contributed by atoms with Crippen LogP contribution in [-0.4, -0.2) is 28.9 Å². The van der Waals surface area contributed by atoms with Gasteiger partial charge < -0.3 is 10.6 Å². The van der Waals surface area contributed by atoms with Crippen LogP contribution in [0.15, 0.2) is 12.3 Å². The number of aromatic nitrogens is 1. The van der Waals surface area contributed by atoms with E-state index < -0.39 is 0 Å². The summed E-state index contributed by atoms with van der Waals surface area (Å²) in [6.07, 6.45) is 2.66. The van der Waals surface area contributed by atoms with E-state index in [0.717, 1.165) is 25.2 Å². The van der Waals surface area contributed by atoms with Crippen LogP contribution in [-0.2, 0) is 0 Å². The van der Waals surface area contributed by atoms with Crippen molar-refractivity contribution in [1.82, 2.24) is 9.88 Å². The lowest BCUT2D eigenvalue weighted by molar-refractivity contribution is 0.0626. The molecule has 18 heavy (non-hydrogen) atoms. The summed E-state index contributed by atoms with van der Waals surface area (Å²) in [6, 6.07) is 1.73. The molecule has 2 atom stereocenters. The van der Waals surface area contributed by atoms with Gasteiger partial charge in [0.05, 0.1) is 23.1 Å². The molecule has 1 saturated heterocycles. The summed E-state index contributed by atoms with van der Waals surface area (Å²) >= 11 is 0. The smallest absolute Gasteiger partial charge is 0.255 e. The molecule has 1 aromatic rings. The van der Waals surface area contributed by atoms with E-state index in [-0.39, 0.29) is 5.91 Å². The SMILES string of the molecule is Cc1ncc(N)cc1C(=O)N1CCC(C)C(C)C1. The number of likely N-dealkylation sites (tertiary alicyclic amines) is 1. The van der Waals surface area contributed by atoms with Crippen molar-refractivity contribution < 1.29 is 4.79 Å². The summed E-state index contributed by atoms with van der Waals surface area (Å²) in [5.74, 6) is 1.30. The molecule has 1 aliphatic heterocycles. The van der Waals surface area contributed by atoms with Gasteiger partial charge in [-0.15, -0.1) is 0 Å². The largest absolute Gasteiger partial charge is 0.397 e. The summed E-state index contributed by atoms with van der Waals surface area (Å²) in [5.41, 5.74) is 7.64. The average molecular weight is 247 g/mol. The Kier molecular flexibility index (Phi) is 3.55. The lowest BCUT2D eigenvalue weighted by atomic mass is 9.88. The van der Waals surface area contributed by atoms with E-state index in [2.05, 4.69) is 18.8 Å². The summed E-state index contributed by atoms with van der Waals surface area (Å²) in [4.78, 5) is 18.5. The third-order valence-electron chi connectivity index (χ3n) is 3.96. The quantitative estimate of drug-likeness (QED) is 0.826. The lowest BCUT2D eigenvalue weighted by Crippen LogP contribution is -2.42. The molecule has 98 valence electrons. The Morgan fingerprint density at radius 1 is 1.44 bits per heavy atom. The Balaban J connectivity index is 2.19. The van der Waals surface area contributed by atoms with Crippen molar-refractivity contribution in [3.8, 4) is 0 Å². The third-order valence-corrected chi connectivity index (χ3v) is 3.96. The van der Waals surface area contributed by atoms with Crippen LogP contribution in [0.2, 0.25) is 0 Å². The number of hydrogen-bond donors (Lipinski definition) is 1. The van der Waals surface area contributed by atoms with Crippen molar-refractivity contribution in [3.05, 3.63) is 23.5 Å². The predicted octanol–water partition coefficient (Wildman–Crippen LogP) is 2.09. The van der Waals surface area contributed by atoms with E-state index in [9.17, 15) is 4.79 Å². The fourth-order valence-corrected chi connectivity index (χ4v) is 2.38. The van der Waals surface area contributed by atoms with E-state index >= 15 is 0 Å². The normalized spacial score (nSPS) is 24.1. The number of hydrogen-bond acceptors (Lipinski definition) is 3. The van der Waals surface area contributed by atoms with Crippen LogP contribution >= 0.6 is 0 Å². The second-order valence-electron chi connectivity index (χ2n) is 5.40. The van der Waals surface area contributed by atoms with Crippen molar-refractivity contribution in [2.45, 2.75) is 27.2 Å². The molecule has 0 radical (unpaired) electrons. The minimum absolute atomic E-state index is 0.0612. The third kappa shape index (κ3) is 2.47. The molecule has 4 nitrogen and oxygen atoms in total. The number of carbonyl (C=O) groups excluding carboxylic acids is 1. The Bertz CT molecular complexity index is 458. The summed E-state index contributed by atoms with van der Waals surface area (Å²) in [6.45, 7) is 7.96. The van der Waals surface area contributed by atoms with Gasteiger partial charge in [-0.3, -0.25) is 9.78 Å². The number of pyridine rings is 1. The fourth-order valence-electron chi connectivity index (χ4n) is 2.38. The monoisotopic (exact) mass is 247 g/mol. The zero-order chi connectivity index (χ0) is 13.3. The second kappa shape index (κ2) is 4.96. The lowest BCUT2D eigenvalue weighted by Gasteiger charge is -2.35. The molecule has 2 heterocycles. The highest BCUT2D eigenvalue weighted by atomic mass is 16.2. The van der Waals surface area contributed by atoms with Crippen LogP contribution < -0.4 is 5.73 Å². The highest BCUT2D eigenvalue weighted by molar-refractivity contribution is 5.96. The average Bonchev–Trinajstić information content (AvgIpc) is 2.35. The first kappa shape index (κ1) is 12.9. The van der Waals surface area contributed by atoms with Crippen LogP contribution in [0, 0.1) is 18.8 Å². The molecule has 4 heteroatoms. The second-order valence-corrected chi connectivity index (χ2v) is 5.40. The van der Waals surface area contributed by atoms with Crippen molar-refractivity contribution >= 4 is 11.6 Å². The van der Waals surface area contributed by atoms with Gasteiger partial charge in [0.1, 0.15) is 0 Å². The first-order valence-electron chi connectivity index (χ1n) is 6.50. The minimum atomic E-state index is 0.0612. The number of piperidine rings is 1. The van der Waals surface area contributed by atoms with Crippen LogP contribution in [0.3, 0.4) is 0 Å². The van der Waals surface area contributed by atoms with Crippen molar-refractivity contribution in [1.29, 1.82) is 0 Å². The van der Waals surface area contributed by atoms with Gasteiger partial charge in [-0.05, 0) is 31.2 Å². The standard InChI is InChI=1S/C14H21N3O/c1-9-4-5-17(8-10(9)2)14(18)13-6-12(15)7-16-11(13)3/h6-7,9-10H,4-5,8,15H2,1-3H3. The number of amides is 1. The highest BCUT2D eigenvalue weighted by Gasteiger charge is 2.27.